The third kappa shape index (κ3) is 64.2. The average molecular weight is 1160 g/mol. The van der Waals surface area contributed by atoms with Crippen molar-refractivity contribution in [2.24, 2.45) is 0 Å². The maximum atomic E-state index is 13.0. The average Bonchev–Trinajstić information content (AvgIpc) is 3.47. The number of unbranched alkanes of at least 4 members (excludes halogenated alkanes) is 25. The Morgan fingerprint density at radius 3 is 1.07 bits per heavy atom. The minimum absolute atomic E-state index is 0.0665. The van der Waals surface area contributed by atoms with Gasteiger partial charge in [0, 0.05) is 6.42 Å². The number of rotatable bonds is 60. The molecule has 0 aliphatic carbocycles. The second-order valence-corrected chi connectivity index (χ2v) is 24.9. The van der Waals surface area contributed by atoms with Crippen molar-refractivity contribution in [3.8, 4) is 0 Å². The van der Waals surface area contributed by atoms with Crippen molar-refractivity contribution in [1.82, 2.24) is 5.32 Å². The molecule has 0 saturated heterocycles. The molecule has 9 heteroatoms. The molecular weight excluding hydrogens is 1030 g/mol. The Bertz CT molecular complexity index is 1800. The first-order chi connectivity index (χ1) is 40.0. The number of nitrogens with one attached hydrogen (secondary N) is 1. The zero-order valence-corrected chi connectivity index (χ0v) is 54.6. The smallest absolute Gasteiger partial charge is 0.391 e. The van der Waals surface area contributed by atoms with Crippen LogP contribution in [-0.2, 0) is 18.4 Å². The second kappa shape index (κ2) is 62.2. The molecule has 0 fully saturated rings. The molecule has 0 aliphatic rings. The van der Waals surface area contributed by atoms with E-state index in [1.807, 2.05) is 21.1 Å². The summed E-state index contributed by atoms with van der Waals surface area (Å²) in [5.74, 6) is -0.158. The Labute approximate surface area is 506 Å². The summed E-state index contributed by atoms with van der Waals surface area (Å²) in [6.45, 7) is 4.77. The van der Waals surface area contributed by atoms with Gasteiger partial charge in [0.1, 0.15) is 13.2 Å². The third-order valence-corrected chi connectivity index (χ3v) is 15.4. The first-order valence-electron chi connectivity index (χ1n) is 33.5. The summed E-state index contributed by atoms with van der Waals surface area (Å²) in [5, 5.41) is 14.1. The molecule has 82 heavy (non-hydrogen) atoms. The van der Waals surface area contributed by atoms with Gasteiger partial charge in [0.2, 0.25) is 5.91 Å². The van der Waals surface area contributed by atoms with E-state index in [1.165, 1.54) is 122 Å². The maximum Gasteiger partial charge on any atom is 0.472 e. The molecule has 8 nitrogen and oxygen atoms in total. The van der Waals surface area contributed by atoms with E-state index in [1.54, 1.807) is 0 Å². The van der Waals surface area contributed by atoms with Crippen LogP contribution in [-0.4, -0.2) is 73.4 Å². The van der Waals surface area contributed by atoms with Gasteiger partial charge in [-0.05, 0) is 96.3 Å². The Morgan fingerprint density at radius 1 is 0.427 bits per heavy atom. The number of carbonyl (C=O) groups is 1. The standard InChI is InChI=1S/C73H127N2O6P/c1-6-8-10-12-14-16-18-20-22-24-26-27-28-29-30-31-32-33-34-35-36-37-38-39-40-41-42-43-44-45-46-47-49-51-53-55-57-59-61-63-65-67-73(77)74-71(70-81-82(78,79)80-69-68-75(3,4)5)72(76)66-64-62-60-58-56-54-52-50-48-25-23-21-19-17-15-13-11-9-7-2/h8,10,14,16,20,22,26-27,29-30,32-33,35-36,38-39,41-42,44-45,47,49,71-72,76H,6-7,9,11-13,15,17-19,21,23-25,28,31,34,37,40,43,46,48,50-70H2,1-5H3,(H-,74,77,78,79)/p+1/b10-8-,16-14-,22-20-,27-26-,30-29-,33-32-,36-35-,39-38-,42-41-,45-44-,49-47-. The number of carbonyl (C=O) groups excluding carboxylic acids is 1. The van der Waals surface area contributed by atoms with Crippen molar-refractivity contribution in [1.29, 1.82) is 0 Å². The first-order valence-corrected chi connectivity index (χ1v) is 35.0. The van der Waals surface area contributed by atoms with E-state index in [-0.39, 0.29) is 19.1 Å². The van der Waals surface area contributed by atoms with Crippen LogP contribution in [0.4, 0.5) is 0 Å². The van der Waals surface area contributed by atoms with Gasteiger partial charge < -0.3 is 19.8 Å². The number of hydrogen-bond donors (Lipinski definition) is 3. The van der Waals surface area contributed by atoms with Crippen LogP contribution >= 0.6 is 7.82 Å². The van der Waals surface area contributed by atoms with E-state index in [9.17, 15) is 19.4 Å². The van der Waals surface area contributed by atoms with Gasteiger partial charge in [0.05, 0.1) is 39.9 Å². The van der Waals surface area contributed by atoms with E-state index < -0.39 is 20.0 Å². The normalized spacial score (nSPS) is 14.6. The van der Waals surface area contributed by atoms with Crippen molar-refractivity contribution in [2.75, 3.05) is 40.9 Å². The number of aliphatic hydroxyl groups excluding tert-OH is 1. The number of amides is 1. The van der Waals surface area contributed by atoms with E-state index in [2.05, 4.69) is 153 Å². The molecule has 0 aromatic rings. The molecule has 0 aliphatic heterocycles. The summed E-state index contributed by atoms with van der Waals surface area (Å²) in [5.41, 5.74) is 0. The van der Waals surface area contributed by atoms with Crippen molar-refractivity contribution in [3.63, 3.8) is 0 Å². The van der Waals surface area contributed by atoms with E-state index >= 15 is 0 Å². The molecule has 0 aromatic heterocycles. The Balaban J connectivity index is 4.13. The number of phosphoric acid groups is 1. The van der Waals surface area contributed by atoms with Gasteiger partial charge >= 0.3 is 7.82 Å². The summed E-state index contributed by atoms with van der Waals surface area (Å²) >= 11 is 0. The molecule has 470 valence electrons. The number of hydrogen-bond acceptors (Lipinski definition) is 5. The number of nitrogens with zero attached hydrogens (tertiary/aromatic N) is 1. The van der Waals surface area contributed by atoms with E-state index in [0.717, 1.165) is 122 Å². The molecule has 0 spiro atoms. The minimum Gasteiger partial charge on any atom is -0.391 e. The summed E-state index contributed by atoms with van der Waals surface area (Å²) in [6.07, 6.45) is 93.9. The number of likely N-dealkylation sites (N-methyl/N-ethyl adjacent to an activating group) is 1. The van der Waals surface area contributed by atoms with Gasteiger partial charge in [-0.1, -0.05) is 302 Å². The van der Waals surface area contributed by atoms with Crippen molar-refractivity contribution in [3.05, 3.63) is 134 Å². The Hall–Kier alpha value is -3.36. The van der Waals surface area contributed by atoms with Gasteiger partial charge in [-0.2, -0.15) is 0 Å². The first kappa shape index (κ1) is 78.6. The molecule has 3 unspecified atom stereocenters. The van der Waals surface area contributed by atoms with Gasteiger partial charge in [0.15, 0.2) is 0 Å². The highest BCUT2D eigenvalue weighted by atomic mass is 31.2. The molecule has 0 rings (SSSR count). The molecule has 1 amide bonds. The van der Waals surface area contributed by atoms with Gasteiger partial charge in [-0.15, -0.1) is 0 Å². The SMILES string of the molecule is CC/C=C\C/C=C\C/C=C\C/C=C\C/C=C\C/C=C\C/C=C\C/C=C\C/C=C\C/C=C\C/C=C\CCCCCCCCCC(=O)NC(COP(=O)(O)OCC[N+](C)(C)C)C(O)CCCCCCCCCCCCCCCCCCCCC. The van der Waals surface area contributed by atoms with Crippen molar-refractivity contribution >= 4 is 13.7 Å². The highest BCUT2D eigenvalue weighted by molar-refractivity contribution is 7.47. The Morgan fingerprint density at radius 2 is 0.732 bits per heavy atom. The number of allylic oxidation sites excluding steroid dienone is 22. The van der Waals surface area contributed by atoms with Crippen LogP contribution in [0, 0.1) is 0 Å². The molecule has 0 bridgehead atoms. The molecule has 0 aromatic carbocycles. The van der Waals surface area contributed by atoms with E-state index in [4.69, 9.17) is 9.05 Å². The zero-order valence-electron chi connectivity index (χ0n) is 53.7. The second-order valence-electron chi connectivity index (χ2n) is 23.5. The minimum atomic E-state index is -4.34. The fourth-order valence-corrected chi connectivity index (χ4v) is 9.96. The molecule has 0 heterocycles. The van der Waals surface area contributed by atoms with Gasteiger partial charge in [-0.25, -0.2) is 4.57 Å². The van der Waals surface area contributed by atoms with Crippen LogP contribution in [0.5, 0.6) is 0 Å². The topological polar surface area (TPSA) is 105 Å². The molecule has 0 saturated carbocycles. The lowest BCUT2D eigenvalue weighted by molar-refractivity contribution is -0.870. The fraction of sp³-hybridized carbons (Fsp3) is 0.685. The largest absolute Gasteiger partial charge is 0.472 e. The predicted octanol–water partition coefficient (Wildman–Crippen LogP) is 21.4. The van der Waals surface area contributed by atoms with Crippen molar-refractivity contribution < 1.29 is 32.9 Å². The highest BCUT2D eigenvalue weighted by Gasteiger charge is 2.28. The highest BCUT2D eigenvalue weighted by Crippen LogP contribution is 2.43. The summed E-state index contributed by atoms with van der Waals surface area (Å²) in [6, 6.07) is -0.777. The summed E-state index contributed by atoms with van der Waals surface area (Å²) < 4.78 is 23.8. The van der Waals surface area contributed by atoms with E-state index in [0.29, 0.717) is 23.9 Å². The van der Waals surface area contributed by atoms with Crippen molar-refractivity contribution in [2.45, 2.75) is 283 Å². The number of phosphoric ester groups is 1. The quantitative estimate of drug-likeness (QED) is 0.0243. The number of aliphatic hydroxyl groups is 1. The molecular formula is C73H128N2O6P+. The summed E-state index contributed by atoms with van der Waals surface area (Å²) in [4.78, 5) is 23.4. The third-order valence-electron chi connectivity index (χ3n) is 14.4. The van der Waals surface area contributed by atoms with Gasteiger partial charge in [0.25, 0.3) is 0 Å². The van der Waals surface area contributed by atoms with Crippen LogP contribution in [0.25, 0.3) is 0 Å². The van der Waals surface area contributed by atoms with Crippen LogP contribution in [0.3, 0.4) is 0 Å². The lowest BCUT2D eigenvalue weighted by atomic mass is 10.0. The monoisotopic (exact) mass is 1160 g/mol. The predicted molar refractivity (Wildman–Crippen MR) is 359 cm³/mol. The van der Waals surface area contributed by atoms with Crippen LogP contribution < -0.4 is 5.32 Å². The van der Waals surface area contributed by atoms with Crippen LogP contribution in [0.15, 0.2) is 134 Å². The Kier molecular flexibility index (Phi) is 59.6. The lowest BCUT2D eigenvalue weighted by Gasteiger charge is -2.26. The fourth-order valence-electron chi connectivity index (χ4n) is 9.23. The lowest BCUT2D eigenvalue weighted by Crippen LogP contribution is -2.46. The maximum absolute atomic E-state index is 13.0. The zero-order chi connectivity index (χ0) is 59.8. The van der Waals surface area contributed by atoms with Crippen LogP contribution in [0.1, 0.15) is 271 Å². The molecule has 3 atom stereocenters. The van der Waals surface area contributed by atoms with Crippen LogP contribution in [0.2, 0.25) is 0 Å². The van der Waals surface area contributed by atoms with Gasteiger partial charge in [-0.3, -0.25) is 13.8 Å². The number of quaternary nitrogens is 1. The molecule has 3 N–H and O–H groups in total. The summed E-state index contributed by atoms with van der Waals surface area (Å²) in [7, 11) is 1.60. The molecule has 0 radical (unpaired) electrons.